The van der Waals surface area contributed by atoms with Crippen molar-refractivity contribution in [2.45, 2.75) is 31.6 Å². The molecule has 1 aliphatic heterocycles. The lowest BCUT2D eigenvalue weighted by atomic mass is 10.1. The number of benzene rings is 2. The van der Waals surface area contributed by atoms with Crippen LogP contribution < -0.4 is 5.32 Å². The SMILES string of the molecule is CCCN1C(=O)[C@](NC(=O)Cc2ccccc2)(C(F)(F)F)N=C1c1ccccc1. The van der Waals surface area contributed by atoms with Crippen LogP contribution in [0.25, 0.3) is 0 Å². The number of aliphatic imine (C=N–C) groups is 1. The molecule has 3 rings (SSSR count). The third kappa shape index (κ3) is 4.01. The van der Waals surface area contributed by atoms with E-state index in [1.54, 1.807) is 67.6 Å². The Hall–Kier alpha value is -3.16. The molecule has 2 aromatic carbocycles. The Kier molecular flexibility index (Phi) is 5.72. The van der Waals surface area contributed by atoms with E-state index in [0.29, 0.717) is 17.5 Å². The van der Waals surface area contributed by atoms with Crippen molar-refractivity contribution >= 4 is 17.6 Å². The molecule has 1 atom stereocenters. The van der Waals surface area contributed by atoms with E-state index in [0.717, 1.165) is 4.90 Å². The van der Waals surface area contributed by atoms with E-state index in [1.165, 1.54) is 0 Å². The molecule has 1 N–H and O–H groups in total. The highest BCUT2D eigenvalue weighted by Crippen LogP contribution is 2.38. The van der Waals surface area contributed by atoms with E-state index < -0.39 is 23.7 Å². The maximum Gasteiger partial charge on any atom is 0.442 e. The van der Waals surface area contributed by atoms with Crippen LogP contribution >= 0.6 is 0 Å². The van der Waals surface area contributed by atoms with Gasteiger partial charge in [0.1, 0.15) is 5.84 Å². The number of halogens is 3. The van der Waals surface area contributed by atoms with Gasteiger partial charge >= 0.3 is 11.8 Å². The smallest absolute Gasteiger partial charge is 0.316 e. The van der Waals surface area contributed by atoms with Crippen LogP contribution in [0.5, 0.6) is 0 Å². The highest BCUT2D eigenvalue weighted by atomic mass is 19.4. The molecule has 2 amide bonds. The fourth-order valence-corrected chi connectivity index (χ4v) is 3.16. The summed E-state index contributed by atoms with van der Waals surface area (Å²) in [5.74, 6) is -2.33. The number of alkyl halides is 3. The second-order valence-electron chi connectivity index (χ2n) is 6.68. The second-order valence-corrected chi connectivity index (χ2v) is 6.68. The number of rotatable bonds is 6. The van der Waals surface area contributed by atoms with Gasteiger partial charge in [-0.25, -0.2) is 4.99 Å². The van der Waals surface area contributed by atoms with Gasteiger partial charge in [-0.15, -0.1) is 0 Å². The van der Waals surface area contributed by atoms with E-state index in [2.05, 4.69) is 4.99 Å². The molecule has 0 fully saturated rings. The molecule has 0 aliphatic carbocycles. The average Bonchev–Trinajstić information content (AvgIpc) is 2.97. The molecule has 2 aromatic rings. The zero-order valence-corrected chi connectivity index (χ0v) is 15.7. The second kappa shape index (κ2) is 8.06. The minimum atomic E-state index is -5.10. The van der Waals surface area contributed by atoms with Crippen molar-refractivity contribution in [3.63, 3.8) is 0 Å². The summed E-state index contributed by atoms with van der Waals surface area (Å²) >= 11 is 0. The minimum Gasteiger partial charge on any atom is -0.316 e. The predicted octanol–water partition coefficient (Wildman–Crippen LogP) is 3.30. The molecule has 0 bridgehead atoms. The number of hydrogen-bond donors (Lipinski definition) is 1. The van der Waals surface area contributed by atoms with Gasteiger partial charge in [0.15, 0.2) is 0 Å². The van der Waals surface area contributed by atoms with Crippen molar-refractivity contribution in [3.05, 3.63) is 71.8 Å². The standard InChI is InChI=1S/C21H20F3N3O2/c1-2-13-27-18(16-11-7-4-8-12-16)26-20(19(27)29,21(22,23)24)25-17(28)14-15-9-5-3-6-10-15/h3-12H,2,13-14H2,1H3,(H,25,28)/t20-/m1/s1. The summed E-state index contributed by atoms with van der Waals surface area (Å²) < 4.78 is 42.3. The number of hydrogen-bond acceptors (Lipinski definition) is 3. The number of nitrogens with zero attached hydrogens (tertiary/aromatic N) is 2. The first-order chi connectivity index (χ1) is 13.8. The molecule has 0 spiro atoms. The molecule has 152 valence electrons. The fourth-order valence-electron chi connectivity index (χ4n) is 3.16. The van der Waals surface area contributed by atoms with Crippen molar-refractivity contribution in [1.82, 2.24) is 10.2 Å². The van der Waals surface area contributed by atoms with Gasteiger partial charge in [0.2, 0.25) is 5.91 Å². The molecule has 29 heavy (non-hydrogen) atoms. The summed E-state index contributed by atoms with van der Waals surface area (Å²) in [6.45, 7) is 1.80. The van der Waals surface area contributed by atoms with Crippen LogP contribution in [0, 0.1) is 0 Å². The molecule has 8 heteroatoms. The molecule has 0 saturated carbocycles. The van der Waals surface area contributed by atoms with Gasteiger partial charge in [-0.05, 0) is 12.0 Å². The van der Waals surface area contributed by atoms with Crippen molar-refractivity contribution < 1.29 is 22.8 Å². The molecule has 1 heterocycles. The number of nitrogens with one attached hydrogen (secondary N) is 1. The predicted molar refractivity (Wildman–Crippen MR) is 102 cm³/mol. The van der Waals surface area contributed by atoms with Crippen LogP contribution in [-0.2, 0) is 16.0 Å². The highest BCUT2D eigenvalue weighted by molar-refractivity contribution is 6.16. The van der Waals surface area contributed by atoms with Gasteiger partial charge in [0, 0.05) is 12.1 Å². The Morgan fingerprint density at radius 1 is 1.07 bits per heavy atom. The van der Waals surface area contributed by atoms with Crippen LogP contribution in [0.3, 0.4) is 0 Å². The van der Waals surface area contributed by atoms with Gasteiger partial charge in [0.25, 0.3) is 5.91 Å². The maximum atomic E-state index is 14.1. The zero-order valence-electron chi connectivity index (χ0n) is 15.7. The molecular formula is C21H20F3N3O2. The van der Waals surface area contributed by atoms with Crippen LogP contribution in [0.1, 0.15) is 24.5 Å². The third-order valence-corrected chi connectivity index (χ3v) is 4.50. The molecule has 0 saturated heterocycles. The summed E-state index contributed by atoms with van der Waals surface area (Å²) in [4.78, 5) is 30.1. The maximum absolute atomic E-state index is 14.1. The Morgan fingerprint density at radius 2 is 1.66 bits per heavy atom. The van der Waals surface area contributed by atoms with Gasteiger partial charge in [0.05, 0.1) is 6.42 Å². The van der Waals surface area contributed by atoms with Gasteiger partial charge in [-0.2, -0.15) is 13.2 Å². The highest BCUT2D eigenvalue weighted by Gasteiger charge is 2.67. The summed E-state index contributed by atoms with van der Waals surface area (Å²) in [6, 6.07) is 16.5. The first-order valence-electron chi connectivity index (χ1n) is 9.17. The molecule has 1 aliphatic rings. The van der Waals surface area contributed by atoms with Crippen LogP contribution in [0.4, 0.5) is 13.2 Å². The Morgan fingerprint density at radius 3 is 2.21 bits per heavy atom. The first-order valence-corrected chi connectivity index (χ1v) is 9.17. The summed E-state index contributed by atoms with van der Waals surface area (Å²) in [5, 5.41) is 1.88. The summed E-state index contributed by atoms with van der Waals surface area (Å²) in [5.41, 5.74) is -2.43. The van der Waals surface area contributed by atoms with Gasteiger partial charge in [-0.3, -0.25) is 14.5 Å². The lowest BCUT2D eigenvalue weighted by molar-refractivity contribution is -0.200. The number of carbonyl (C=O) groups excluding carboxylic acids is 2. The Balaban J connectivity index is 2.00. The van der Waals surface area contributed by atoms with Gasteiger partial charge < -0.3 is 5.32 Å². The van der Waals surface area contributed by atoms with Gasteiger partial charge in [-0.1, -0.05) is 67.6 Å². The topological polar surface area (TPSA) is 61.8 Å². The quantitative estimate of drug-likeness (QED) is 0.805. The van der Waals surface area contributed by atoms with Crippen LogP contribution in [0.15, 0.2) is 65.7 Å². The lowest BCUT2D eigenvalue weighted by Crippen LogP contribution is -2.63. The molecule has 0 aromatic heterocycles. The van der Waals surface area contributed by atoms with E-state index in [4.69, 9.17) is 0 Å². The molecular weight excluding hydrogens is 383 g/mol. The van der Waals surface area contributed by atoms with E-state index in [1.807, 2.05) is 5.32 Å². The van der Waals surface area contributed by atoms with Crippen molar-refractivity contribution in [3.8, 4) is 0 Å². The van der Waals surface area contributed by atoms with E-state index >= 15 is 0 Å². The minimum absolute atomic E-state index is 0.0545. The van der Waals surface area contributed by atoms with Crippen LogP contribution in [0.2, 0.25) is 0 Å². The molecule has 0 radical (unpaired) electrons. The third-order valence-electron chi connectivity index (χ3n) is 4.50. The average molecular weight is 403 g/mol. The van der Waals surface area contributed by atoms with E-state index in [-0.39, 0.29) is 18.8 Å². The zero-order chi connectivity index (χ0) is 21.1. The number of carbonyl (C=O) groups is 2. The summed E-state index contributed by atoms with van der Waals surface area (Å²) in [6.07, 6.45) is -4.96. The first kappa shape index (κ1) is 20.6. The number of amidine groups is 1. The molecule has 0 unspecified atom stereocenters. The lowest BCUT2D eigenvalue weighted by Gasteiger charge is -2.29. The summed E-state index contributed by atoms with van der Waals surface area (Å²) in [7, 11) is 0. The normalized spacial score (nSPS) is 19.2. The fraction of sp³-hybridized carbons (Fsp3) is 0.286. The largest absolute Gasteiger partial charge is 0.442 e. The Bertz CT molecular complexity index is 914. The monoisotopic (exact) mass is 403 g/mol. The van der Waals surface area contributed by atoms with Crippen molar-refractivity contribution in [2.75, 3.05) is 6.54 Å². The van der Waals surface area contributed by atoms with Crippen molar-refractivity contribution in [1.29, 1.82) is 0 Å². The number of amides is 2. The van der Waals surface area contributed by atoms with Crippen molar-refractivity contribution in [2.24, 2.45) is 4.99 Å². The van der Waals surface area contributed by atoms with Crippen LogP contribution in [-0.4, -0.2) is 40.9 Å². The Labute approximate surface area is 166 Å². The molecule has 5 nitrogen and oxygen atoms in total. The van der Waals surface area contributed by atoms with E-state index in [9.17, 15) is 22.8 Å².